The Kier molecular flexibility index (Phi) is 22.8. The van der Waals surface area contributed by atoms with Crippen molar-refractivity contribution in [1.29, 1.82) is 0 Å². The number of guanidine groups is 1. The first-order valence-electron chi connectivity index (χ1n) is 18.9. The van der Waals surface area contributed by atoms with Crippen LogP contribution in [0.15, 0.2) is 4.99 Å². The van der Waals surface area contributed by atoms with Gasteiger partial charge in [0.05, 0.1) is 13.2 Å². The van der Waals surface area contributed by atoms with Crippen LogP contribution in [0.1, 0.15) is 128 Å². The molecule has 0 aromatic heterocycles. The Balaban J connectivity index is 4.42. The fraction of sp³-hybridized carbons (Fsp3) is 0.811. The summed E-state index contributed by atoms with van der Waals surface area (Å²) >= 11 is 0. The number of alkyl carbamates (subject to hydrolysis) is 4. The summed E-state index contributed by atoms with van der Waals surface area (Å²) in [4.78, 5) is 79.1. The van der Waals surface area contributed by atoms with Crippen LogP contribution in [0.3, 0.4) is 0 Å². The number of nitrogens with one attached hydrogen (secondary N) is 5. The predicted octanol–water partition coefficient (Wildman–Crippen LogP) is 5.73. The molecule has 18 heteroatoms. The van der Waals surface area contributed by atoms with Gasteiger partial charge in [-0.25, -0.2) is 24.0 Å². The van der Waals surface area contributed by atoms with Crippen LogP contribution in [-0.4, -0.2) is 116 Å². The average Bonchev–Trinajstić information content (AvgIpc) is 2.98. The Morgan fingerprint density at radius 3 is 1.55 bits per heavy atom. The minimum absolute atomic E-state index is 0.0789. The maximum absolute atomic E-state index is 12.7. The molecule has 0 radical (unpaired) electrons. The van der Waals surface area contributed by atoms with Crippen molar-refractivity contribution in [2.45, 2.75) is 150 Å². The number of carbonyl (C=O) groups is 6. The molecule has 0 aliphatic rings. The lowest BCUT2D eigenvalue weighted by Gasteiger charge is -2.27. The molecule has 0 aliphatic heterocycles. The van der Waals surface area contributed by atoms with Crippen molar-refractivity contribution in [3.63, 3.8) is 0 Å². The van der Waals surface area contributed by atoms with Gasteiger partial charge in [-0.1, -0.05) is 12.8 Å². The first-order valence-corrected chi connectivity index (χ1v) is 18.9. The molecule has 0 heterocycles. The molecule has 0 aromatic carbocycles. The lowest BCUT2D eigenvalue weighted by molar-refractivity contribution is -0.120. The topological polar surface area (TPSA) is 224 Å². The van der Waals surface area contributed by atoms with Crippen molar-refractivity contribution in [1.82, 2.24) is 31.5 Å². The summed E-state index contributed by atoms with van der Waals surface area (Å²) in [6.45, 7) is 22.6. The molecule has 0 fully saturated rings. The van der Waals surface area contributed by atoms with Gasteiger partial charge in [-0.3, -0.25) is 20.4 Å². The number of amides is 6. The van der Waals surface area contributed by atoms with Gasteiger partial charge in [0.1, 0.15) is 22.4 Å². The van der Waals surface area contributed by atoms with Gasteiger partial charge in [0.15, 0.2) is 0 Å². The van der Waals surface area contributed by atoms with E-state index in [1.54, 1.807) is 88.0 Å². The summed E-state index contributed by atoms with van der Waals surface area (Å²) < 4.78 is 26.4. The maximum atomic E-state index is 12.7. The Hall–Kier alpha value is -4.51. The smallest absolute Gasteiger partial charge is 0.414 e. The van der Waals surface area contributed by atoms with Gasteiger partial charge in [-0.15, -0.1) is 0 Å². The number of carbonyl (C=O) groups excluding carboxylic acids is 6. The molecule has 0 rings (SSSR count). The van der Waals surface area contributed by atoms with Crippen LogP contribution in [0.4, 0.5) is 24.0 Å². The summed E-state index contributed by atoms with van der Waals surface area (Å²) in [6.07, 6.45) is 1.15. The van der Waals surface area contributed by atoms with Crippen molar-refractivity contribution in [3.8, 4) is 0 Å². The molecule has 0 aromatic rings. The van der Waals surface area contributed by atoms with Gasteiger partial charge < -0.3 is 44.5 Å². The number of unbranched alkanes of at least 4 members (excludes halogenated alkanes) is 4. The molecule has 318 valence electrons. The molecular weight excluding hydrogens is 718 g/mol. The highest BCUT2D eigenvalue weighted by molar-refractivity contribution is 6.01. The normalized spacial score (nSPS) is 11.6. The first-order chi connectivity index (χ1) is 25.2. The summed E-state index contributed by atoms with van der Waals surface area (Å²) in [5, 5.41) is 12.7. The van der Waals surface area contributed by atoms with E-state index >= 15 is 0 Å². The van der Waals surface area contributed by atoms with E-state index in [0.717, 1.165) is 12.8 Å². The summed E-state index contributed by atoms with van der Waals surface area (Å²) in [5.74, 6) is -0.438. The molecule has 18 nitrogen and oxygen atoms in total. The molecule has 0 saturated heterocycles. The Morgan fingerprint density at radius 2 is 1.00 bits per heavy atom. The lowest BCUT2D eigenvalue weighted by Crippen LogP contribution is -2.47. The van der Waals surface area contributed by atoms with Gasteiger partial charge in [0.25, 0.3) is 0 Å². The second-order valence-corrected chi connectivity index (χ2v) is 16.7. The number of ether oxygens (including phenoxy) is 5. The molecule has 0 spiro atoms. The van der Waals surface area contributed by atoms with Gasteiger partial charge in [-0.05, 0) is 115 Å². The van der Waals surface area contributed by atoms with E-state index in [0.29, 0.717) is 64.8 Å². The molecule has 0 bridgehead atoms. The Labute approximate surface area is 327 Å². The predicted molar refractivity (Wildman–Crippen MR) is 208 cm³/mol. The maximum Gasteiger partial charge on any atom is 0.414 e. The van der Waals surface area contributed by atoms with Gasteiger partial charge in [0.2, 0.25) is 11.9 Å². The second-order valence-electron chi connectivity index (χ2n) is 16.7. The average molecular weight is 788 g/mol. The SMILES string of the molecule is CC(C)(C)OC(=O)NCCCN(CCCCOC(=O)NCC(=O)NCCCCCCN=C(NC(=O)OC(C)(C)C)NC(=O)OC(C)(C)C)C(=O)OC(C)(C)C. The third-order valence-electron chi connectivity index (χ3n) is 6.29. The number of hydrogen-bond acceptors (Lipinski definition) is 12. The zero-order valence-corrected chi connectivity index (χ0v) is 35.3. The third-order valence-corrected chi connectivity index (χ3v) is 6.29. The molecule has 6 amide bonds. The van der Waals surface area contributed by atoms with Gasteiger partial charge >= 0.3 is 30.5 Å². The van der Waals surface area contributed by atoms with Crippen molar-refractivity contribution in [2.75, 3.05) is 45.9 Å². The first kappa shape index (κ1) is 50.5. The van der Waals surface area contributed by atoms with Crippen LogP contribution in [0.25, 0.3) is 0 Å². The molecule has 0 unspecified atom stereocenters. The number of aliphatic imine (C=N–C) groups is 1. The quantitative estimate of drug-likeness (QED) is 0.0488. The minimum atomic E-state index is -0.764. The van der Waals surface area contributed by atoms with Crippen molar-refractivity contribution in [3.05, 3.63) is 0 Å². The van der Waals surface area contributed by atoms with Crippen LogP contribution >= 0.6 is 0 Å². The number of nitrogens with zero attached hydrogens (tertiary/aromatic N) is 2. The Morgan fingerprint density at radius 1 is 0.509 bits per heavy atom. The highest BCUT2D eigenvalue weighted by Gasteiger charge is 2.23. The largest absolute Gasteiger partial charge is 0.450 e. The fourth-order valence-corrected chi connectivity index (χ4v) is 4.15. The molecule has 0 atom stereocenters. The summed E-state index contributed by atoms with van der Waals surface area (Å²) in [5.41, 5.74) is -2.75. The zero-order valence-electron chi connectivity index (χ0n) is 35.3. The van der Waals surface area contributed by atoms with Crippen molar-refractivity contribution >= 4 is 42.3 Å². The standard InChI is InChI=1S/C37H69N7O11/c1-34(2,3)52-30(47)40-22-19-24-44(33(50)55-37(10,11)12)23-17-18-25-51-29(46)41-26-27(45)38-20-15-13-14-16-21-39-28(42-31(48)53-35(4,5)6)43-32(49)54-36(7,8)9/h13-26H2,1-12H3,(H,38,45)(H,40,47)(H,41,46)(H2,39,42,43,48,49). The van der Waals surface area contributed by atoms with Gasteiger partial charge in [-0.2, -0.15) is 0 Å². The minimum Gasteiger partial charge on any atom is -0.450 e. The monoisotopic (exact) mass is 788 g/mol. The molecular formula is C37H69N7O11. The van der Waals surface area contributed by atoms with E-state index in [9.17, 15) is 28.8 Å². The lowest BCUT2D eigenvalue weighted by atomic mass is 10.2. The number of hydrogen-bond donors (Lipinski definition) is 5. The van der Waals surface area contributed by atoms with E-state index in [1.165, 1.54) is 0 Å². The second kappa shape index (κ2) is 24.8. The molecule has 55 heavy (non-hydrogen) atoms. The highest BCUT2D eigenvalue weighted by Crippen LogP contribution is 2.12. The summed E-state index contributed by atoms with van der Waals surface area (Å²) in [7, 11) is 0. The van der Waals surface area contributed by atoms with E-state index in [-0.39, 0.29) is 25.0 Å². The van der Waals surface area contributed by atoms with Gasteiger partial charge in [0, 0.05) is 32.7 Å². The fourth-order valence-electron chi connectivity index (χ4n) is 4.15. The Bertz CT molecular complexity index is 1220. The molecule has 0 aliphatic carbocycles. The molecule has 5 N–H and O–H groups in total. The van der Waals surface area contributed by atoms with E-state index in [1.807, 2.05) is 0 Å². The number of rotatable bonds is 18. The van der Waals surface area contributed by atoms with Crippen molar-refractivity contribution in [2.24, 2.45) is 4.99 Å². The molecule has 0 saturated carbocycles. The van der Waals surface area contributed by atoms with E-state index in [4.69, 9.17) is 23.7 Å². The van der Waals surface area contributed by atoms with Crippen molar-refractivity contribution < 1.29 is 52.5 Å². The van der Waals surface area contributed by atoms with Crippen LogP contribution in [-0.2, 0) is 28.5 Å². The van der Waals surface area contributed by atoms with Crippen LogP contribution in [0, 0.1) is 0 Å². The highest BCUT2D eigenvalue weighted by atomic mass is 16.6. The van der Waals surface area contributed by atoms with Crippen LogP contribution in [0.5, 0.6) is 0 Å². The summed E-state index contributed by atoms with van der Waals surface area (Å²) in [6, 6.07) is 0. The third kappa shape index (κ3) is 32.6. The zero-order chi connectivity index (χ0) is 42.3. The van der Waals surface area contributed by atoms with E-state index in [2.05, 4.69) is 31.6 Å². The van der Waals surface area contributed by atoms with Crippen LogP contribution < -0.4 is 26.6 Å². The van der Waals surface area contributed by atoms with Crippen LogP contribution in [0.2, 0.25) is 0 Å². The van der Waals surface area contributed by atoms with E-state index < -0.39 is 52.9 Å².